The molecule has 0 spiro atoms. The Balaban J connectivity index is 2.34. The third-order valence-corrected chi connectivity index (χ3v) is 12.5. The minimum atomic E-state index is -6.42. The second-order valence-corrected chi connectivity index (χ2v) is 19.8. The largest absolute Gasteiger partial charge is 0.488 e. The Kier molecular flexibility index (Phi) is 12.0. The van der Waals surface area contributed by atoms with Crippen LogP contribution in [0.5, 0.6) is 17.2 Å². The van der Waals surface area contributed by atoms with E-state index in [0.717, 1.165) is 0 Å². The minimum absolute atomic E-state index is 0.0780. The van der Waals surface area contributed by atoms with Crippen molar-refractivity contribution in [1.82, 2.24) is 0 Å². The van der Waals surface area contributed by atoms with Crippen molar-refractivity contribution < 1.29 is 65.8 Å². The first kappa shape index (κ1) is 44.6. The molecule has 0 saturated heterocycles. The Labute approximate surface area is 321 Å². The first-order valence-corrected chi connectivity index (χ1v) is 19.8. The number of rotatable bonds is 9. The molecule has 0 aromatic heterocycles. The lowest BCUT2D eigenvalue weighted by atomic mass is 10.0. The smallest absolute Gasteiger partial charge is 0.417 e. The van der Waals surface area contributed by atoms with Crippen molar-refractivity contribution in [2.45, 2.75) is 117 Å². The highest BCUT2D eigenvalue weighted by Crippen LogP contribution is 2.75. The fourth-order valence-corrected chi connectivity index (χ4v) is 11.1. The third kappa shape index (κ3) is 10.4. The van der Waals surface area contributed by atoms with Gasteiger partial charge in [-0.25, -0.2) is 3.63 Å². The zero-order valence-electron chi connectivity index (χ0n) is 31.8. The molecule has 56 heavy (non-hydrogen) atoms. The van der Waals surface area contributed by atoms with Gasteiger partial charge in [0.1, 0.15) is 43.8 Å². The molecule has 0 bridgehead atoms. The van der Waals surface area contributed by atoms with Crippen molar-refractivity contribution in [3.63, 3.8) is 0 Å². The maximum atomic E-state index is 14.7. The molecule has 0 heterocycles. The van der Waals surface area contributed by atoms with E-state index in [4.69, 9.17) is 17.8 Å². The van der Waals surface area contributed by atoms with E-state index in [1.165, 1.54) is 72.8 Å². The number of ether oxygens (including phenoxy) is 3. The summed E-state index contributed by atoms with van der Waals surface area (Å²) < 4.78 is 184. The highest BCUT2D eigenvalue weighted by Gasteiger charge is 2.52. The molecule has 308 valence electrons. The van der Waals surface area contributed by atoms with Gasteiger partial charge >= 0.3 is 28.6 Å². The highest BCUT2D eigenvalue weighted by molar-refractivity contribution is 8.33. The van der Waals surface area contributed by atoms with Crippen molar-refractivity contribution in [1.29, 1.82) is 0 Å². The second kappa shape index (κ2) is 15.0. The molecule has 0 unspecified atom stereocenters. The van der Waals surface area contributed by atoms with Gasteiger partial charge in [0.05, 0.1) is 16.7 Å². The Hall–Kier alpha value is -4.09. The summed E-state index contributed by atoms with van der Waals surface area (Å²) in [5.41, 5.74) is -10.9. The Bertz CT molecular complexity index is 2020. The summed E-state index contributed by atoms with van der Waals surface area (Å²) in [6, 6.07) is 15.5. The lowest BCUT2D eigenvalue weighted by molar-refractivity contribution is -0.152. The van der Waals surface area contributed by atoms with Crippen LogP contribution in [0.4, 0.5) is 39.5 Å². The van der Waals surface area contributed by atoms with E-state index in [1.807, 2.05) is 0 Å². The normalized spacial score (nSPS) is 14.0. The van der Waals surface area contributed by atoms with E-state index < -0.39 is 89.5 Å². The van der Waals surface area contributed by atoms with Crippen LogP contribution in [-0.2, 0) is 32.3 Å². The molecule has 0 aliphatic heterocycles. The Morgan fingerprint density at radius 1 is 0.464 bits per heavy atom. The highest BCUT2D eigenvalue weighted by atomic mass is 32.3. The Morgan fingerprint density at radius 2 is 0.821 bits per heavy atom. The zero-order chi connectivity index (χ0) is 42.5. The molecule has 0 N–H and O–H groups in total. The first-order chi connectivity index (χ1) is 25.2. The molecule has 0 saturated carbocycles. The average molecular weight is 841 g/mol. The van der Waals surface area contributed by atoms with Crippen molar-refractivity contribution in [2.24, 2.45) is 0 Å². The molecule has 0 radical (unpaired) electrons. The summed E-state index contributed by atoms with van der Waals surface area (Å²) in [5.74, 6) is -0.245. The van der Waals surface area contributed by atoms with E-state index in [-0.39, 0.29) is 31.9 Å². The van der Waals surface area contributed by atoms with Crippen LogP contribution < -0.4 is 14.2 Å². The monoisotopic (exact) mass is 840 g/mol. The maximum absolute atomic E-state index is 14.7. The van der Waals surface area contributed by atoms with Gasteiger partial charge in [-0.1, -0.05) is 36.4 Å². The molecular weight excluding hydrogens is 800 g/mol. The van der Waals surface area contributed by atoms with E-state index in [0.29, 0.717) is 0 Å². The predicted octanol–water partition coefficient (Wildman–Crippen LogP) is 12.9. The van der Waals surface area contributed by atoms with Crippen molar-refractivity contribution in [3.8, 4) is 17.2 Å². The second-order valence-electron chi connectivity index (χ2n) is 15.5. The van der Waals surface area contributed by atoms with Crippen molar-refractivity contribution >= 4 is 20.4 Å². The van der Waals surface area contributed by atoms with Crippen LogP contribution in [-0.4, -0.2) is 25.2 Å². The van der Waals surface area contributed by atoms with Gasteiger partial charge in [-0.2, -0.15) is 47.9 Å². The lowest BCUT2D eigenvalue weighted by Gasteiger charge is -2.42. The van der Waals surface area contributed by atoms with Crippen LogP contribution in [0.1, 0.15) is 79.0 Å². The summed E-state index contributed by atoms with van der Waals surface area (Å²) in [4.78, 5) is -2.96. The summed E-state index contributed by atoms with van der Waals surface area (Å²) in [5, 5.41) is 0. The van der Waals surface area contributed by atoms with Crippen molar-refractivity contribution in [2.75, 3.05) is 0 Å². The lowest BCUT2D eigenvalue weighted by Crippen LogP contribution is -2.28. The van der Waals surface area contributed by atoms with Crippen LogP contribution in [0, 0.1) is 0 Å². The molecule has 0 aliphatic carbocycles. The van der Waals surface area contributed by atoms with Crippen LogP contribution in [0.25, 0.3) is 0 Å². The number of halogens is 9. The third-order valence-electron chi connectivity index (χ3n) is 7.16. The van der Waals surface area contributed by atoms with E-state index >= 15 is 0 Å². The number of hydrogen-bond donors (Lipinski definition) is 0. The molecule has 4 aromatic carbocycles. The molecular formula is C39H41F9O6S2. The molecule has 6 nitrogen and oxygen atoms in total. The van der Waals surface area contributed by atoms with Gasteiger partial charge in [-0.05, 0) is 109 Å². The quantitative estimate of drug-likeness (QED) is 0.156. The van der Waals surface area contributed by atoms with Crippen LogP contribution >= 0.6 is 10.3 Å². The fraction of sp³-hybridized carbons (Fsp3) is 0.385. The molecule has 4 aromatic rings. The van der Waals surface area contributed by atoms with Gasteiger partial charge < -0.3 is 14.2 Å². The van der Waals surface area contributed by atoms with E-state index in [2.05, 4.69) is 0 Å². The topological polar surface area (TPSA) is 71.1 Å². The van der Waals surface area contributed by atoms with Crippen LogP contribution in [0.15, 0.2) is 105 Å². The van der Waals surface area contributed by atoms with Crippen molar-refractivity contribution in [3.05, 3.63) is 102 Å². The van der Waals surface area contributed by atoms with E-state index in [1.54, 1.807) is 62.3 Å². The fourth-order valence-electron chi connectivity index (χ4n) is 5.42. The minimum Gasteiger partial charge on any atom is -0.488 e. The van der Waals surface area contributed by atoms with Gasteiger partial charge in [0.15, 0.2) is 0 Å². The summed E-state index contributed by atoms with van der Waals surface area (Å²) in [6.07, 6.45) is -17.9. The molecule has 4 rings (SSSR count). The van der Waals surface area contributed by atoms with Gasteiger partial charge in [-0.15, -0.1) is 0 Å². The van der Waals surface area contributed by atoms with Gasteiger partial charge in [0, 0.05) is 21.9 Å². The van der Waals surface area contributed by atoms with Gasteiger partial charge in [0.25, 0.3) is 0 Å². The first-order valence-electron chi connectivity index (χ1n) is 16.8. The van der Waals surface area contributed by atoms with Gasteiger partial charge in [0.2, 0.25) is 0 Å². The molecule has 0 amide bonds. The molecule has 0 aliphatic rings. The zero-order valence-corrected chi connectivity index (χ0v) is 33.4. The maximum Gasteiger partial charge on any atom is 0.417 e. The van der Waals surface area contributed by atoms with Crippen LogP contribution in [0.3, 0.4) is 0 Å². The summed E-state index contributed by atoms with van der Waals surface area (Å²) in [6.45, 7) is 15.0. The average Bonchev–Trinajstić information content (AvgIpc) is 3.00. The Morgan fingerprint density at radius 3 is 1.12 bits per heavy atom. The number of benzene rings is 4. The molecule has 0 atom stereocenters. The van der Waals surface area contributed by atoms with Crippen LogP contribution in [0.2, 0.25) is 0 Å². The molecule has 17 heteroatoms. The number of alkyl halides is 9. The summed E-state index contributed by atoms with van der Waals surface area (Å²) >= 11 is 0. The summed E-state index contributed by atoms with van der Waals surface area (Å²) in [7, 11) is -10.6. The van der Waals surface area contributed by atoms with E-state index in [9.17, 15) is 47.9 Å². The predicted molar refractivity (Wildman–Crippen MR) is 193 cm³/mol. The standard InChI is InChI=1S/C39H41F9O6S2/c1-34(2,3)51-25-22-30(52-35(4,5)6)33(31(23-25)53-36(7,8)9)55(26-16-12-10-13-17-26,27-18-14-11-15-19-27)54-56(49,50)32-28(38(43,44)45)20-24(37(40,41)42)21-29(32)39(46,47)48/h10-23H,1-9H3. The molecule has 0 fully saturated rings. The SMILES string of the molecule is CC(C)(C)Oc1cc(OC(C)(C)C)c(S(OS(=O)(=O)c2c(C(F)(F)F)cc(C(F)(F)F)cc2C(F)(F)F)(c2ccccc2)c2ccccc2)c(OC(C)(C)C)c1. The number of hydrogen-bond acceptors (Lipinski definition) is 6. The van der Waals surface area contributed by atoms with Gasteiger partial charge in [-0.3, -0.25) is 0 Å².